The average Bonchev–Trinajstić information content (AvgIpc) is 3.80. The predicted octanol–water partition coefficient (Wildman–Crippen LogP) is 3.12. The molecule has 4 heterocycles. The van der Waals surface area contributed by atoms with Gasteiger partial charge >= 0.3 is 12.1 Å². The highest BCUT2D eigenvalue weighted by Crippen LogP contribution is 2.32. The molecule has 4 amide bonds. The van der Waals surface area contributed by atoms with Crippen LogP contribution in [0.25, 0.3) is 21.9 Å². The number of para-hydroxylation sites is 3. The highest BCUT2D eigenvalue weighted by molar-refractivity contribution is 5.99. The fourth-order valence-corrected chi connectivity index (χ4v) is 6.38. The van der Waals surface area contributed by atoms with Gasteiger partial charge in [0.1, 0.15) is 23.3 Å². The number of fused-ring (bicyclic) bond motifs is 2. The zero-order chi connectivity index (χ0) is 35.2. The summed E-state index contributed by atoms with van der Waals surface area (Å²) in [6.07, 6.45) is 0.609. The van der Waals surface area contributed by atoms with Gasteiger partial charge in [0.15, 0.2) is 6.61 Å². The molecular weight excluding hydrogens is 646 g/mol. The van der Waals surface area contributed by atoms with Crippen molar-refractivity contribution < 1.29 is 38.6 Å². The summed E-state index contributed by atoms with van der Waals surface area (Å²) in [5, 5.41) is 12.6. The van der Waals surface area contributed by atoms with Crippen molar-refractivity contribution >= 4 is 51.7 Å². The molecule has 3 N–H and O–H groups in total. The van der Waals surface area contributed by atoms with Crippen LogP contribution in [-0.2, 0) is 19.1 Å². The van der Waals surface area contributed by atoms with Gasteiger partial charge in [0.25, 0.3) is 11.8 Å². The second kappa shape index (κ2) is 15.2. The third-order valence-corrected chi connectivity index (χ3v) is 8.93. The molecule has 2 saturated heterocycles. The molecular formula is C35H39N7O8. The van der Waals surface area contributed by atoms with Crippen LogP contribution in [0.5, 0.6) is 5.75 Å². The van der Waals surface area contributed by atoms with E-state index in [0.717, 1.165) is 29.7 Å². The Morgan fingerprint density at radius 2 is 1.68 bits per heavy atom. The number of hydrogen-bond donors (Lipinski definition) is 3. The summed E-state index contributed by atoms with van der Waals surface area (Å²) in [7, 11) is 0. The summed E-state index contributed by atoms with van der Waals surface area (Å²) in [4.78, 5) is 81.4. The third-order valence-electron chi connectivity index (χ3n) is 8.93. The molecule has 1 unspecified atom stereocenters. The van der Waals surface area contributed by atoms with Crippen molar-refractivity contribution in [3.05, 3.63) is 66.1 Å². The van der Waals surface area contributed by atoms with Crippen molar-refractivity contribution in [1.82, 2.24) is 35.0 Å². The smallest absolute Gasteiger partial charge is 0.409 e. The van der Waals surface area contributed by atoms with Gasteiger partial charge in [-0.05, 0) is 50.5 Å². The van der Waals surface area contributed by atoms with Crippen LogP contribution in [0.3, 0.4) is 0 Å². The lowest BCUT2D eigenvalue weighted by Gasteiger charge is -2.35. The number of piperazine rings is 1. The van der Waals surface area contributed by atoms with Gasteiger partial charge in [0.05, 0.1) is 29.2 Å². The van der Waals surface area contributed by atoms with Crippen molar-refractivity contribution in [3.8, 4) is 5.75 Å². The second-order valence-corrected chi connectivity index (χ2v) is 12.2. The summed E-state index contributed by atoms with van der Waals surface area (Å²) in [5.74, 6) is -1.53. The van der Waals surface area contributed by atoms with Gasteiger partial charge in [-0.25, -0.2) is 14.8 Å². The summed E-state index contributed by atoms with van der Waals surface area (Å²) in [5.41, 5.74) is 2.10. The quantitative estimate of drug-likeness (QED) is 0.212. The number of amides is 4. The molecule has 6 rings (SSSR count). The zero-order valence-corrected chi connectivity index (χ0v) is 27.7. The molecule has 15 nitrogen and oxygen atoms in total. The standard InChI is InChI=1S/C35H39N7O8/c1-2-49-35(48)41-18-16-40(17-19-41)34(47)26(13-14-31(44)45)39-33(46)27-20-29(22-8-3-4-9-23(22)36-27)50-21-30(43)42-15-7-12-28(42)32-37-24-10-5-6-11-25(24)38-32/h3-6,8-11,20,26,28H,2,7,12-19,21H2,1H3,(H,37,38)(H,39,46)(H,44,45)/t26?,28-/m0/s1. The Hall–Kier alpha value is -5.73. The van der Waals surface area contributed by atoms with Gasteiger partial charge in [-0.3, -0.25) is 19.2 Å². The number of nitrogens with zero attached hydrogens (tertiary/aromatic N) is 5. The molecule has 2 atom stereocenters. The van der Waals surface area contributed by atoms with Gasteiger partial charge in [0.2, 0.25) is 5.91 Å². The van der Waals surface area contributed by atoms with Crippen molar-refractivity contribution in [1.29, 1.82) is 0 Å². The number of aromatic nitrogens is 3. The predicted molar refractivity (Wildman–Crippen MR) is 180 cm³/mol. The van der Waals surface area contributed by atoms with Gasteiger partial charge < -0.3 is 39.6 Å². The summed E-state index contributed by atoms with van der Waals surface area (Å²) in [6.45, 7) is 3.09. The number of aromatic amines is 1. The Bertz CT molecular complexity index is 1870. The Labute approximate surface area is 287 Å². The zero-order valence-electron chi connectivity index (χ0n) is 27.7. The van der Waals surface area contributed by atoms with Crippen LogP contribution in [0, 0.1) is 0 Å². The maximum atomic E-state index is 13.6. The van der Waals surface area contributed by atoms with Crippen LogP contribution in [-0.4, -0.2) is 117 Å². The first-order valence-electron chi connectivity index (χ1n) is 16.7. The fourth-order valence-electron chi connectivity index (χ4n) is 6.38. The number of H-pyrrole nitrogens is 1. The Morgan fingerprint density at radius 3 is 2.42 bits per heavy atom. The summed E-state index contributed by atoms with van der Waals surface area (Å²) < 4.78 is 11.1. The largest absolute Gasteiger partial charge is 0.483 e. The number of carbonyl (C=O) groups excluding carboxylic acids is 4. The number of pyridine rings is 1. The van der Waals surface area contributed by atoms with E-state index in [9.17, 15) is 29.1 Å². The van der Waals surface area contributed by atoms with E-state index in [2.05, 4.69) is 15.3 Å². The minimum atomic E-state index is -1.16. The van der Waals surface area contributed by atoms with E-state index in [0.29, 0.717) is 17.4 Å². The van der Waals surface area contributed by atoms with E-state index < -0.39 is 29.9 Å². The van der Waals surface area contributed by atoms with Crippen LogP contribution >= 0.6 is 0 Å². The van der Waals surface area contributed by atoms with Gasteiger partial charge in [-0.15, -0.1) is 0 Å². The number of hydrogen-bond acceptors (Lipinski definition) is 9. The number of likely N-dealkylation sites (tertiary alicyclic amines) is 1. The van der Waals surface area contributed by atoms with E-state index in [1.165, 1.54) is 15.9 Å². The highest BCUT2D eigenvalue weighted by atomic mass is 16.6. The number of rotatable bonds is 11. The van der Waals surface area contributed by atoms with E-state index in [1.807, 2.05) is 24.3 Å². The van der Waals surface area contributed by atoms with Crippen molar-refractivity contribution in [2.24, 2.45) is 0 Å². The number of carboxylic acid groups (broad SMARTS) is 1. The first-order valence-corrected chi connectivity index (χ1v) is 16.7. The SMILES string of the molecule is CCOC(=O)N1CCN(C(=O)C(CCC(=O)O)NC(=O)c2cc(OCC(=O)N3CCC[C@H]3c3nc4ccccc4[nH]3)c3ccccc3n2)CC1. The first kappa shape index (κ1) is 34.1. The highest BCUT2D eigenvalue weighted by Gasteiger charge is 2.33. The average molecular weight is 686 g/mol. The number of carbonyl (C=O) groups is 5. The van der Waals surface area contributed by atoms with Gasteiger partial charge in [0, 0.05) is 50.6 Å². The molecule has 262 valence electrons. The molecule has 2 aliphatic heterocycles. The number of ether oxygens (including phenoxy) is 2. The van der Waals surface area contributed by atoms with Gasteiger partial charge in [-0.1, -0.05) is 24.3 Å². The molecule has 2 aromatic carbocycles. The number of nitrogens with one attached hydrogen (secondary N) is 2. The van der Waals surface area contributed by atoms with Gasteiger partial charge in [-0.2, -0.15) is 0 Å². The van der Waals surface area contributed by atoms with E-state index in [1.54, 1.807) is 36.1 Å². The molecule has 2 aliphatic rings. The molecule has 0 spiro atoms. The molecule has 0 bridgehead atoms. The Balaban J connectivity index is 1.16. The fraction of sp³-hybridized carbons (Fsp3) is 0.400. The third kappa shape index (κ3) is 7.61. The molecule has 0 aliphatic carbocycles. The van der Waals surface area contributed by atoms with Crippen molar-refractivity contribution in [3.63, 3.8) is 0 Å². The topological polar surface area (TPSA) is 187 Å². The number of imidazole rings is 1. The van der Waals surface area contributed by atoms with Crippen LogP contribution in [0.4, 0.5) is 4.79 Å². The molecule has 50 heavy (non-hydrogen) atoms. The molecule has 2 aromatic heterocycles. The summed E-state index contributed by atoms with van der Waals surface area (Å²) in [6, 6.07) is 14.8. The normalized spacial score (nSPS) is 16.7. The molecule has 0 radical (unpaired) electrons. The molecule has 2 fully saturated rings. The van der Waals surface area contributed by atoms with Crippen molar-refractivity contribution in [2.75, 3.05) is 45.9 Å². The Morgan fingerprint density at radius 1 is 0.960 bits per heavy atom. The second-order valence-electron chi connectivity index (χ2n) is 12.2. The van der Waals surface area contributed by atoms with E-state index in [4.69, 9.17) is 14.5 Å². The number of carboxylic acids is 1. The van der Waals surface area contributed by atoms with Crippen LogP contribution in [0.15, 0.2) is 54.6 Å². The lowest BCUT2D eigenvalue weighted by molar-refractivity contribution is -0.138. The van der Waals surface area contributed by atoms with E-state index in [-0.39, 0.29) is 75.6 Å². The number of benzene rings is 2. The maximum absolute atomic E-state index is 13.6. The Kier molecular flexibility index (Phi) is 10.4. The molecule has 15 heteroatoms. The number of aliphatic carboxylic acids is 1. The molecule has 4 aromatic rings. The monoisotopic (exact) mass is 685 g/mol. The first-order chi connectivity index (χ1) is 24.2. The lowest BCUT2D eigenvalue weighted by atomic mass is 10.1. The van der Waals surface area contributed by atoms with Crippen molar-refractivity contribution in [2.45, 2.75) is 44.7 Å². The minimum Gasteiger partial charge on any atom is -0.483 e. The van der Waals surface area contributed by atoms with Crippen LogP contribution in [0.1, 0.15) is 55.0 Å². The van der Waals surface area contributed by atoms with Crippen LogP contribution in [0.2, 0.25) is 0 Å². The minimum absolute atomic E-state index is 0.0623. The van der Waals surface area contributed by atoms with Crippen LogP contribution < -0.4 is 10.1 Å². The molecule has 0 saturated carbocycles. The summed E-state index contributed by atoms with van der Waals surface area (Å²) >= 11 is 0. The van der Waals surface area contributed by atoms with E-state index >= 15 is 0 Å². The maximum Gasteiger partial charge on any atom is 0.409 e. The lowest BCUT2D eigenvalue weighted by Crippen LogP contribution is -2.56.